The SMILES string of the molecule is Cc1nnc(SCc2ccccc2)n1/N=C\c1cc([N+](=O)[O-])ccc1N1CCCC1. The fourth-order valence-corrected chi connectivity index (χ4v) is 4.30. The molecule has 0 atom stereocenters. The van der Waals surface area contributed by atoms with Gasteiger partial charge in [-0.3, -0.25) is 10.1 Å². The molecule has 1 saturated heterocycles. The number of anilines is 1. The Morgan fingerprint density at radius 2 is 1.93 bits per heavy atom. The van der Waals surface area contributed by atoms with E-state index in [9.17, 15) is 10.1 Å². The molecule has 0 bridgehead atoms. The third-order valence-electron chi connectivity index (χ3n) is 4.96. The molecule has 0 N–H and O–H groups in total. The van der Waals surface area contributed by atoms with Crippen molar-refractivity contribution >= 4 is 29.4 Å². The highest BCUT2D eigenvalue weighted by Crippen LogP contribution is 2.28. The van der Waals surface area contributed by atoms with Crippen LogP contribution in [0.4, 0.5) is 11.4 Å². The highest BCUT2D eigenvalue weighted by Gasteiger charge is 2.18. The lowest BCUT2D eigenvalue weighted by molar-refractivity contribution is -0.384. The largest absolute Gasteiger partial charge is 0.371 e. The first kappa shape index (κ1) is 20.1. The number of hydrogen-bond acceptors (Lipinski definition) is 7. The Balaban J connectivity index is 1.61. The van der Waals surface area contributed by atoms with Gasteiger partial charge in [0.05, 0.1) is 11.1 Å². The summed E-state index contributed by atoms with van der Waals surface area (Å²) in [4.78, 5) is 13.1. The molecular formula is C21H22N6O2S. The zero-order valence-corrected chi connectivity index (χ0v) is 17.5. The van der Waals surface area contributed by atoms with E-state index in [4.69, 9.17) is 0 Å². The van der Waals surface area contributed by atoms with Gasteiger partial charge in [-0.15, -0.1) is 10.2 Å². The number of aryl methyl sites for hydroxylation is 1. The first-order valence-electron chi connectivity index (χ1n) is 9.78. The minimum atomic E-state index is -0.379. The lowest BCUT2D eigenvalue weighted by Crippen LogP contribution is -2.19. The van der Waals surface area contributed by atoms with Gasteiger partial charge < -0.3 is 4.90 Å². The average Bonchev–Trinajstić information content (AvgIpc) is 3.41. The van der Waals surface area contributed by atoms with Gasteiger partial charge in [0.2, 0.25) is 5.16 Å². The average molecular weight is 423 g/mol. The normalized spacial score (nSPS) is 14.0. The zero-order chi connectivity index (χ0) is 20.9. The lowest BCUT2D eigenvalue weighted by atomic mass is 10.1. The van der Waals surface area contributed by atoms with E-state index < -0.39 is 0 Å². The summed E-state index contributed by atoms with van der Waals surface area (Å²) in [6, 6.07) is 15.1. The first-order valence-corrected chi connectivity index (χ1v) is 10.8. The summed E-state index contributed by atoms with van der Waals surface area (Å²) in [5.41, 5.74) is 2.93. The van der Waals surface area contributed by atoms with Gasteiger partial charge in [-0.25, -0.2) is 0 Å². The zero-order valence-electron chi connectivity index (χ0n) is 16.6. The molecule has 3 aromatic rings. The molecule has 8 nitrogen and oxygen atoms in total. The van der Waals surface area contributed by atoms with Crippen LogP contribution in [0.15, 0.2) is 58.8 Å². The fraction of sp³-hybridized carbons (Fsp3) is 0.286. The standard InChI is InChI=1S/C21H22N6O2S/c1-16-23-24-21(30-15-17-7-3-2-4-8-17)26(16)22-14-18-13-19(27(28)29)9-10-20(18)25-11-5-6-12-25/h2-4,7-10,13-14H,5-6,11-12,15H2,1H3/b22-14-. The summed E-state index contributed by atoms with van der Waals surface area (Å²) < 4.78 is 1.68. The van der Waals surface area contributed by atoms with Crippen molar-refractivity contribution in [2.45, 2.75) is 30.7 Å². The van der Waals surface area contributed by atoms with Gasteiger partial charge in [0, 0.05) is 42.2 Å². The van der Waals surface area contributed by atoms with E-state index in [2.05, 4.69) is 32.3 Å². The van der Waals surface area contributed by atoms with E-state index in [1.807, 2.05) is 31.2 Å². The smallest absolute Gasteiger partial charge is 0.270 e. The Hall–Kier alpha value is -3.20. The molecule has 0 radical (unpaired) electrons. The maximum Gasteiger partial charge on any atom is 0.270 e. The van der Waals surface area contributed by atoms with Gasteiger partial charge in [0.1, 0.15) is 0 Å². The second-order valence-corrected chi connectivity index (χ2v) is 8.00. The molecule has 2 aromatic carbocycles. The van der Waals surface area contributed by atoms with Crippen LogP contribution in [0.2, 0.25) is 0 Å². The van der Waals surface area contributed by atoms with Gasteiger partial charge in [-0.05, 0) is 31.4 Å². The Labute approximate surface area is 178 Å². The van der Waals surface area contributed by atoms with Crippen molar-refractivity contribution in [2.75, 3.05) is 18.0 Å². The summed E-state index contributed by atoms with van der Waals surface area (Å²) in [7, 11) is 0. The van der Waals surface area contributed by atoms with Gasteiger partial charge in [0.15, 0.2) is 5.82 Å². The minimum Gasteiger partial charge on any atom is -0.371 e. The lowest BCUT2D eigenvalue weighted by Gasteiger charge is -2.19. The Bertz CT molecular complexity index is 1060. The highest BCUT2D eigenvalue weighted by molar-refractivity contribution is 7.98. The van der Waals surface area contributed by atoms with Crippen LogP contribution in [-0.2, 0) is 5.75 Å². The van der Waals surface area contributed by atoms with Crippen LogP contribution in [0.1, 0.15) is 29.8 Å². The molecule has 1 aromatic heterocycles. The number of nitrogens with zero attached hydrogens (tertiary/aromatic N) is 6. The summed E-state index contributed by atoms with van der Waals surface area (Å²) in [5.74, 6) is 1.42. The van der Waals surface area contributed by atoms with E-state index in [1.165, 1.54) is 5.56 Å². The molecule has 0 unspecified atom stereocenters. The molecule has 0 spiro atoms. The van der Waals surface area contributed by atoms with Crippen LogP contribution < -0.4 is 4.90 Å². The number of rotatable bonds is 7. The van der Waals surface area contributed by atoms with Crippen molar-refractivity contribution in [2.24, 2.45) is 5.10 Å². The van der Waals surface area contributed by atoms with Crippen molar-refractivity contribution in [3.63, 3.8) is 0 Å². The quantitative estimate of drug-likeness (QED) is 0.244. The molecule has 1 aliphatic rings. The predicted molar refractivity (Wildman–Crippen MR) is 118 cm³/mol. The summed E-state index contributed by atoms with van der Waals surface area (Å²) in [6.45, 7) is 3.73. The third kappa shape index (κ3) is 4.51. The molecule has 2 heterocycles. The topological polar surface area (TPSA) is 89.4 Å². The third-order valence-corrected chi connectivity index (χ3v) is 5.95. The second-order valence-electron chi connectivity index (χ2n) is 7.05. The summed E-state index contributed by atoms with van der Waals surface area (Å²) >= 11 is 1.55. The Morgan fingerprint density at radius 1 is 1.17 bits per heavy atom. The molecule has 0 amide bonds. The van der Waals surface area contributed by atoms with E-state index >= 15 is 0 Å². The number of thioether (sulfide) groups is 1. The van der Waals surface area contributed by atoms with Gasteiger partial charge in [-0.2, -0.15) is 9.78 Å². The number of non-ortho nitro benzene ring substituents is 1. The molecule has 1 aliphatic heterocycles. The van der Waals surface area contributed by atoms with Crippen LogP contribution in [0, 0.1) is 17.0 Å². The minimum absolute atomic E-state index is 0.0542. The first-order chi connectivity index (χ1) is 14.6. The Kier molecular flexibility index (Phi) is 6.08. The molecule has 0 saturated carbocycles. The van der Waals surface area contributed by atoms with Crippen LogP contribution in [0.5, 0.6) is 0 Å². The fourth-order valence-electron chi connectivity index (χ4n) is 3.41. The molecule has 9 heteroatoms. The number of nitro benzene ring substituents is 1. The molecule has 4 rings (SSSR count). The van der Waals surface area contributed by atoms with Gasteiger partial charge in [0.25, 0.3) is 5.69 Å². The van der Waals surface area contributed by atoms with E-state index in [0.717, 1.165) is 42.9 Å². The molecule has 30 heavy (non-hydrogen) atoms. The molecular weight excluding hydrogens is 400 g/mol. The van der Waals surface area contributed by atoms with Gasteiger partial charge in [-0.1, -0.05) is 42.1 Å². The Morgan fingerprint density at radius 3 is 2.67 bits per heavy atom. The number of aromatic nitrogens is 3. The van der Waals surface area contributed by atoms with E-state index in [0.29, 0.717) is 11.0 Å². The molecule has 0 aliphatic carbocycles. The van der Waals surface area contributed by atoms with Gasteiger partial charge >= 0.3 is 0 Å². The van der Waals surface area contributed by atoms with Crippen molar-refractivity contribution in [1.82, 2.24) is 14.9 Å². The summed E-state index contributed by atoms with van der Waals surface area (Å²) in [6.07, 6.45) is 3.92. The van der Waals surface area contributed by atoms with Crippen molar-refractivity contribution < 1.29 is 4.92 Å². The number of nitro groups is 1. The van der Waals surface area contributed by atoms with Crippen LogP contribution in [0.25, 0.3) is 0 Å². The van der Waals surface area contributed by atoms with E-state index in [-0.39, 0.29) is 10.6 Å². The van der Waals surface area contributed by atoms with E-state index in [1.54, 1.807) is 34.8 Å². The van der Waals surface area contributed by atoms with Crippen molar-refractivity contribution in [3.8, 4) is 0 Å². The molecule has 154 valence electrons. The number of hydrogen-bond donors (Lipinski definition) is 0. The van der Waals surface area contributed by atoms with Crippen LogP contribution in [0.3, 0.4) is 0 Å². The highest BCUT2D eigenvalue weighted by atomic mass is 32.2. The second kappa shape index (κ2) is 9.08. The van der Waals surface area contributed by atoms with Crippen LogP contribution in [-0.4, -0.2) is 39.1 Å². The number of benzene rings is 2. The summed E-state index contributed by atoms with van der Waals surface area (Å²) in [5, 5.41) is 24.9. The molecule has 1 fully saturated rings. The predicted octanol–water partition coefficient (Wildman–Crippen LogP) is 4.27. The maximum absolute atomic E-state index is 11.3. The van der Waals surface area contributed by atoms with Crippen molar-refractivity contribution in [1.29, 1.82) is 0 Å². The van der Waals surface area contributed by atoms with Crippen molar-refractivity contribution in [3.05, 3.63) is 75.6 Å². The maximum atomic E-state index is 11.3. The monoisotopic (exact) mass is 422 g/mol. The van der Waals surface area contributed by atoms with Crippen LogP contribution >= 0.6 is 11.8 Å².